The molecule has 0 N–H and O–H groups in total. The molecule has 0 heterocycles. The average molecular weight is 232 g/mol. The lowest BCUT2D eigenvalue weighted by Gasteiger charge is -2.11. The molecular weight excluding hydrogens is 221 g/mol. The molecule has 16 heavy (non-hydrogen) atoms. The van der Waals surface area contributed by atoms with Gasteiger partial charge in [0.1, 0.15) is 5.82 Å². The van der Waals surface area contributed by atoms with Gasteiger partial charge in [-0.2, -0.15) is 0 Å². The molecule has 1 unspecified atom stereocenters. The molecule has 0 aliphatic heterocycles. The molecule has 0 spiro atoms. The molecule has 2 nitrogen and oxygen atoms in total. The summed E-state index contributed by atoms with van der Waals surface area (Å²) < 4.78 is 43.2. The molecule has 0 radical (unpaired) electrons. The summed E-state index contributed by atoms with van der Waals surface area (Å²) in [5.74, 6) is -4.34. The van der Waals surface area contributed by atoms with E-state index in [2.05, 4.69) is 4.74 Å². The lowest BCUT2D eigenvalue weighted by atomic mass is 9.97. The van der Waals surface area contributed by atoms with E-state index in [1.165, 1.54) is 14.0 Å². The second-order valence-electron chi connectivity index (χ2n) is 3.47. The second-order valence-corrected chi connectivity index (χ2v) is 3.47. The monoisotopic (exact) mass is 232 g/mol. The summed E-state index contributed by atoms with van der Waals surface area (Å²) in [5, 5.41) is 0. The molecule has 0 amide bonds. The first-order valence-corrected chi connectivity index (χ1v) is 4.67. The van der Waals surface area contributed by atoms with Gasteiger partial charge in [-0.1, -0.05) is 6.92 Å². The van der Waals surface area contributed by atoms with Crippen molar-refractivity contribution in [3.63, 3.8) is 0 Å². The minimum absolute atomic E-state index is 0.0377. The topological polar surface area (TPSA) is 26.3 Å². The summed E-state index contributed by atoms with van der Waals surface area (Å²) in [7, 11) is 1.21. The number of hydrogen-bond donors (Lipinski definition) is 0. The Hall–Kier alpha value is -1.52. The Balaban J connectivity index is 2.95. The van der Waals surface area contributed by atoms with Crippen LogP contribution in [0.1, 0.15) is 24.8 Å². The van der Waals surface area contributed by atoms with Crippen molar-refractivity contribution in [2.75, 3.05) is 7.11 Å². The van der Waals surface area contributed by atoms with Gasteiger partial charge in [-0.25, -0.2) is 13.2 Å². The van der Waals surface area contributed by atoms with Crippen molar-refractivity contribution in [1.29, 1.82) is 0 Å². The van der Waals surface area contributed by atoms with Crippen LogP contribution in [-0.4, -0.2) is 13.1 Å². The largest absolute Gasteiger partial charge is 0.469 e. The van der Waals surface area contributed by atoms with Gasteiger partial charge in [0.25, 0.3) is 0 Å². The lowest BCUT2D eigenvalue weighted by molar-refractivity contribution is -0.140. The van der Waals surface area contributed by atoms with Gasteiger partial charge in [0.15, 0.2) is 11.6 Å². The number of ether oxygens (including phenoxy) is 1. The Labute approximate surface area is 91.0 Å². The van der Waals surface area contributed by atoms with Gasteiger partial charge in [-0.05, 0) is 17.5 Å². The first kappa shape index (κ1) is 12.5. The van der Waals surface area contributed by atoms with E-state index in [0.29, 0.717) is 6.07 Å². The zero-order valence-electron chi connectivity index (χ0n) is 8.89. The first-order valence-electron chi connectivity index (χ1n) is 4.67. The van der Waals surface area contributed by atoms with Crippen LogP contribution >= 0.6 is 0 Å². The quantitative estimate of drug-likeness (QED) is 0.591. The molecule has 1 aromatic rings. The fourth-order valence-corrected chi connectivity index (χ4v) is 1.36. The van der Waals surface area contributed by atoms with Gasteiger partial charge in [0, 0.05) is 6.07 Å². The van der Waals surface area contributed by atoms with E-state index in [1.54, 1.807) is 0 Å². The number of halogens is 3. The number of methoxy groups -OCH3 is 1. The third kappa shape index (κ3) is 2.74. The minimum Gasteiger partial charge on any atom is -0.469 e. The fourth-order valence-electron chi connectivity index (χ4n) is 1.36. The smallest absolute Gasteiger partial charge is 0.306 e. The molecule has 1 atom stereocenters. The van der Waals surface area contributed by atoms with Gasteiger partial charge in [-0.15, -0.1) is 0 Å². The second kappa shape index (κ2) is 5.01. The molecule has 0 aliphatic carbocycles. The van der Waals surface area contributed by atoms with Gasteiger partial charge in [-0.3, -0.25) is 4.79 Å². The Morgan fingerprint density at radius 1 is 1.25 bits per heavy atom. The summed E-state index contributed by atoms with van der Waals surface area (Å²) in [5.41, 5.74) is -0.0377. The molecular formula is C11H11F3O2. The average Bonchev–Trinajstić information content (AvgIpc) is 2.23. The molecule has 5 heteroatoms. The summed E-state index contributed by atoms with van der Waals surface area (Å²) in [4.78, 5) is 10.9. The van der Waals surface area contributed by atoms with Crippen LogP contribution in [0.2, 0.25) is 0 Å². The third-order valence-electron chi connectivity index (χ3n) is 2.27. The number of hydrogen-bond acceptors (Lipinski definition) is 2. The summed E-state index contributed by atoms with van der Waals surface area (Å²) in [6.45, 7) is 1.53. The summed E-state index contributed by atoms with van der Waals surface area (Å²) in [6.07, 6.45) is -0.0848. The Morgan fingerprint density at radius 2 is 1.81 bits per heavy atom. The van der Waals surface area contributed by atoms with Crippen LogP contribution in [0.3, 0.4) is 0 Å². The maximum atomic E-state index is 13.3. The zero-order valence-corrected chi connectivity index (χ0v) is 8.89. The van der Waals surface area contributed by atoms with Crippen LogP contribution < -0.4 is 0 Å². The number of esters is 1. The Kier molecular flexibility index (Phi) is 3.93. The number of benzene rings is 1. The van der Waals surface area contributed by atoms with Crippen molar-refractivity contribution in [3.05, 3.63) is 35.1 Å². The van der Waals surface area contributed by atoms with E-state index in [1.807, 2.05) is 0 Å². The van der Waals surface area contributed by atoms with E-state index in [-0.39, 0.29) is 12.0 Å². The normalized spacial score (nSPS) is 12.3. The number of rotatable bonds is 3. The molecule has 1 rings (SSSR count). The highest BCUT2D eigenvalue weighted by atomic mass is 19.2. The van der Waals surface area contributed by atoms with Crippen molar-refractivity contribution in [2.24, 2.45) is 0 Å². The van der Waals surface area contributed by atoms with Crippen molar-refractivity contribution in [3.8, 4) is 0 Å². The third-order valence-corrected chi connectivity index (χ3v) is 2.27. The zero-order chi connectivity index (χ0) is 12.3. The van der Waals surface area contributed by atoms with Crippen LogP contribution in [-0.2, 0) is 9.53 Å². The van der Waals surface area contributed by atoms with E-state index in [9.17, 15) is 18.0 Å². The molecule has 0 bridgehead atoms. The standard InChI is InChI=1S/C11H11F3O2/c1-6(3-11(15)16-2)7-4-9(13)10(14)5-8(7)12/h4-6H,3H2,1-2H3. The SMILES string of the molecule is COC(=O)CC(C)c1cc(F)c(F)cc1F. The highest BCUT2D eigenvalue weighted by Crippen LogP contribution is 2.24. The highest BCUT2D eigenvalue weighted by molar-refractivity contribution is 5.70. The Bertz CT molecular complexity index is 404. The van der Waals surface area contributed by atoms with Gasteiger partial charge in [0.2, 0.25) is 0 Å². The molecule has 0 saturated heterocycles. The van der Waals surface area contributed by atoms with Crippen LogP contribution in [0, 0.1) is 17.5 Å². The molecule has 1 aromatic carbocycles. The van der Waals surface area contributed by atoms with Crippen molar-refractivity contribution in [2.45, 2.75) is 19.3 Å². The predicted octanol–water partition coefficient (Wildman–Crippen LogP) is 2.77. The van der Waals surface area contributed by atoms with Crippen LogP contribution in [0.15, 0.2) is 12.1 Å². The number of carbonyl (C=O) groups excluding carboxylic acids is 1. The maximum absolute atomic E-state index is 13.3. The van der Waals surface area contributed by atoms with Crippen molar-refractivity contribution >= 4 is 5.97 Å². The molecule has 0 saturated carbocycles. The fraction of sp³-hybridized carbons (Fsp3) is 0.364. The highest BCUT2D eigenvalue weighted by Gasteiger charge is 2.18. The van der Waals surface area contributed by atoms with E-state index in [4.69, 9.17) is 0 Å². The van der Waals surface area contributed by atoms with Crippen LogP contribution in [0.25, 0.3) is 0 Å². The molecule has 0 fully saturated rings. The maximum Gasteiger partial charge on any atom is 0.306 e. The Morgan fingerprint density at radius 3 is 2.38 bits per heavy atom. The number of carbonyl (C=O) groups is 1. The lowest BCUT2D eigenvalue weighted by Crippen LogP contribution is -2.08. The van der Waals surface area contributed by atoms with Crippen LogP contribution in [0.4, 0.5) is 13.2 Å². The predicted molar refractivity (Wildman–Crippen MR) is 51.4 cm³/mol. The van der Waals surface area contributed by atoms with Gasteiger partial charge < -0.3 is 4.74 Å². The minimum atomic E-state index is -1.24. The van der Waals surface area contributed by atoms with Gasteiger partial charge >= 0.3 is 5.97 Å². The van der Waals surface area contributed by atoms with Crippen molar-refractivity contribution in [1.82, 2.24) is 0 Å². The van der Waals surface area contributed by atoms with Crippen molar-refractivity contribution < 1.29 is 22.7 Å². The van der Waals surface area contributed by atoms with E-state index in [0.717, 1.165) is 6.07 Å². The molecule has 0 aromatic heterocycles. The van der Waals surface area contributed by atoms with Crippen LogP contribution in [0.5, 0.6) is 0 Å². The van der Waals surface area contributed by atoms with Gasteiger partial charge in [0.05, 0.1) is 13.5 Å². The molecule has 0 aliphatic rings. The molecule has 88 valence electrons. The van der Waals surface area contributed by atoms with E-state index >= 15 is 0 Å². The summed E-state index contributed by atoms with van der Waals surface area (Å²) in [6, 6.07) is 1.23. The summed E-state index contributed by atoms with van der Waals surface area (Å²) >= 11 is 0. The first-order chi connectivity index (χ1) is 7.45. The van der Waals surface area contributed by atoms with E-state index < -0.39 is 29.3 Å².